The maximum absolute atomic E-state index is 12.6. The second-order valence-electron chi connectivity index (χ2n) is 6.77. The topological polar surface area (TPSA) is 55.6 Å². The molecular formula is C25H20BrN3O2. The smallest absolute Gasteiger partial charge is 0.273 e. The van der Waals surface area contributed by atoms with Crippen molar-refractivity contribution in [2.24, 2.45) is 5.10 Å². The van der Waals surface area contributed by atoms with E-state index in [4.69, 9.17) is 4.74 Å². The van der Waals surface area contributed by atoms with Gasteiger partial charge in [0.15, 0.2) is 0 Å². The van der Waals surface area contributed by atoms with Crippen LogP contribution in [0.1, 0.15) is 21.5 Å². The molecule has 0 unspecified atom stereocenters. The quantitative estimate of drug-likeness (QED) is 0.281. The molecule has 0 radical (unpaired) electrons. The average molecular weight is 474 g/mol. The standard InChI is InChI=1S/C25H20BrN3O2/c26-22-16-20(12-13-24(22)31-18-19-8-2-1-3-9-19)17-27-28-25(30)21-10-4-5-11-23(21)29-14-6-7-15-29/h1-17H,18H2,(H,28,30). The van der Waals surface area contributed by atoms with Crippen LogP contribution < -0.4 is 10.2 Å². The third-order valence-electron chi connectivity index (χ3n) is 4.60. The molecule has 31 heavy (non-hydrogen) atoms. The van der Waals surface area contributed by atoms with Crippen molar-refractivity contribution in [1.82, 2.24) is 9.99 Å². The molecule has 0 aliphatic rings. The Bertz CT molecular complexity index is 1190. The van der Waals surface area contributed by atoms with Gasteiger partial charge in [0.1, 0.15) is 12.4 Å². The van der Waals surface area contributed by atoms with Gasteiger partial charge in [0.05, 0.1) is 21.9 Å². The second-order valence-corrected chi connectivity index (χ2v) is 7.63. The summed E-state index contributed by atoms with van der Waals surface area (Å²) in [4.78, 5) is 12.6. The monoisotopic (exact) mass is 473 g/mol. The maximum Gasteiger partial charge on any atom is 0.273 e. The van der Waals surface area contributed by atoms with E-state index in [0.717, 1.165) is 27.0 Å². The fourth-order valence-electron chi connectivity index (χ4n) is 3.06. The first-order valence-corrected chi connectivity index (χ1v) is 10.5. The van der Waals surface area contributed by atoms with Crippen LogP contribution >= 0.6 is 15.9 Å². The molecule has 3 aromatic carbocycles. The van der Waals surface area contributed by atoms with Crippen molar-refractivity contribution in [2.45, 2.75) is 6.61 Å². The number of carbonyl (C=O) groups is 1. The molecule has 1 N–H and O–H groups in total. The molecule has 5 nitrogen and oxygen atoms in total. The van der Waals surface area contributed by atoms with E-state index in [0.29, 0.717) is 12.2 Å². The minimum atomic E-state index is -0.276. The lowest BCUT2D eigenvalue weighted by atomic mass is 10.1. The number of ether oxygens (including phenoxy) is 1. The molecule has 0 fully saturated rings. The summed E-state index contributed by atoms with van der Waals surface area (Å²) in [6.45, 7) is 0.490. The average Bonchev–Trinajstić information content (AvgIpc) is 3.34. The number of carbonyl (C=O) groups excluding carboxylic acids is 1. The lowest BCUT2D eigenvalue weighted by molar-refractivity contribution is 0.0955. The molecule has 0 bridgehead atoms. The number of benzene rings is 3. The van der Waals surface area contributed by atoms with E-state index in [9.17, 15) is 4.79 Å². The first-order valence-electron chi connectivity index (χ1n) is 9.73. The van der Waals surface area contributed by atoms with E-state index in [1.54, 1.807) is 12.3 Å². The summed E-state index contributed by atoms with van der Waals surface area (Å²) in [6, 6.07) is 26.9. The number of nitrogens with zero attached hydrogens (tertiary/aromatic N) is 2. The van der Waals surface area contributed by atoms with Crippen LogP contribution in [-0.2, 0) is 6.61 Å². The molecule has 4 rings (SSSR count). The minimum absolute atomic E-state index is 0.276. The third-order valence-corrected chi connectivity index (χ3v) is 5.22. The summed E-state index contributed by atoms with van der Waals surface area (Å²) < 4.78 is 8.57. The molecule has 4 aromatic rings. The zero-order valence-electron chi connectivity index (χ0n) is 16.6. The summed E-state index contributed by atoms with van der Waals surface area (Å²) in [7, 11) is 0. The fraction of sp³-hybridized carbons (Fsp3) is 0.0400. The summed E-state index contributed by atoms with van der Waals surface area (Å²) in [5.41, 5.74) is 5.87. The fourth-order valence-corrected chi connectivity index (χ4v) is 3.57. The van der Waals surface area contributed by atoms with Crippen LogP contribution in [0.4, 0.5) is 0 Å². The Morgan fingerprint density at radius 1 is 0.968 bits per heavy atom. The van der Waals surface area contributed by atoms with Gasteiger partial charge in [-0.15, -0.1) is 0 Å². The number of amides is 1. The van der Waals surface area contributed by atoms with Crippen LogP contribution in [0.2, 0.25) is 0 Å². The summed E-state index contributed by atoms with van der Waals surface area (Å²) >= 11 is 3.53. The Labute approximate surface area is 189 Å². The molecule has 0 atom stereocenters. The van der Waals surface area contributed by atoms with E-state index in [1.807, 2.05) is 95.8 Å². The van der Waals surface area contributed by atoms with Crippen LogP contribution in [0.3, 0.4) is 0 Å². The van der Waals surface area contributed by atoms with Crippen molar-refractivity contribution in [1.29, 1.82) is 0 Å². The highest BCUT2D eigenvalue weighted by atomic mass is 79.9. The third kappa shape index (κ3) is 5.29. The van der Waals surface area contributed by atoms with Gasteiger partial charge in [-0.25, -0.2) is 5.43 Å². The predicted octanol–water partition coefficient (Wildman–Crippen LogP) is 5.58. The van der Waals surface area contributed by atoms with E-state index in [1.165, 1.54) is 0 Å². The van der Waals surface area contributed by atoms with Crippen molar-refractivity contribution in [3.05, 3.63) is 118 Å². The van der Waals surface area contributed by atoms with Gasteiger partial charge in [0, 0.05) is 12.4 Å². The van der Waals surface area contributed by atoms with Crippen LogP contribution in [0.5, 0.6) is 5.75 Å². The van der Waals surface area contributed by atoms with Crippen molar-refractivity contribution >= 4 is 28.1 Å². The molecule has 1 aromatic heterocycles. The molecule has 0 spiro atoms. The van der Waals surface area contributed by atoms with Gasteiger partial charge in [0.2, 0.25) is 0 Å². The zero-order valence-corrected chi connectivity index (χ0v) is 18.2. The highest BCUT2D eigenvalue weighted by Crippen LogP contribution is 2.26. The molecule has 1 amide bonds. The zero-order chi connectivity index (χ0) is 21.5. The predicted molar refractivity (Wildman–Crippen MR) is 126 cm³/mol. The number of rotatable bonds is 7. The molecular weight excluding hydrogens is 454 g/mol. The lowest BCUT2D eigenvalue weighted by Gasteiger charge is -2.09. The number of aromatic nitrogens is 1. The summed E-state index contributed by atoms with van der Waals surface area (Å²) in [5.74, 6) is 0.466. The van der Waals surface area contributed by atoms with Crippen LogP contribution in [-0.4, -0.2) is 16.7 Å². The molecule has 0 saturated carbocycles. The number of nitrogens with one attached hydrogen (secondary N) is 1. The van der Waals surface area contributed by atoms with Crippen molar-refractivity contribution in [2.75, 3.05) is 0 Å². The van der Waals surface area contributed by atoms with Gasteiger partial charge >= 0.3 is 0 Å². The van der Waals surface area contributed by atoms with E-state index in [-0.39, 0.29) is 5.91 Å². The number of hydrazone groups is 1. The lowest BCUT2D eigenvalue weighted by Crippen LogP contribution is -2.19. The Morgan fingerprint density at radius 3 is 2.48 bits per heavy atom. The Hall–Kier alpha value is -3.64. The Balaban J connectivity index is 1.39. The molecule has 6 heteroatoms. The van der Waals surface area contributed by atoms with E-state index < -0.39 is 0 Å². The van der Waals surface area contributed by atoms with Gasteiger partial charge in [-0.1, -0.05) is 42.5 Å². The van der Waals surface area contributed by atoms with E-state index in [2.05, 4.69) is 26.5 Å². The highest BCUT2D eigenvalue weighted by Gasteiger charge is 2.11. The second kappa shape index (κ2) is 9.91. The molecule has 0 aliphatic carbocycles. The SMILES string of the molecule is O=C(NN=Cc1ccc(OCc2ccccc2)c(Br)c1)c1ccccc1-n1cccc1. The van der Waals surface area contributed by atoms with Gasteiger partial charge in [-0.05, 0) is 69.5 Å². The van der Waals surface area contributed by atoms with Crippen molar-refractivity contribution in [3.63, 3.8) is 0 Å². The van der Waals surface area contributed by atoms with Gasteiger partial charge in [-0.3, -0.25) is 4.79 Å². The first-order chi connectivity index (χ1) is 15.2. The molecule has 1 heterocycles. The summed E-state index contributed by atoms with van der Waals surface area (Å²) in [5, 5.41) is 4.11. The van der Waals surface area contributed by atoms with Crippen molar-refractivity contribution in [3.8, 4) is 11.4 Å². The van der Waals surface area contributed by atoms with Crippen LogP contribution in [0, 0.1) is 0 Å². The van der Waals surface area contributed by atoms with Crippen LogP contribution in [0.15, 0.2) is 107 Å². The molecule has 0 saturated heterocycles. The van der Waals surface area contributed by atoms with Crippen LogP contribution in [0.25, 0.3) is 5.69 Å². The van der Waals surface area contributed by atoms with E-state index >= 15 is 0 Å². The Morgan fingerprint density at radius 2 is 1.71 bits per heavy atom. The number of hydrogen-bond donors (Lipinski definition) is 1. The largest absolute Gasteiger partial charge is 0.488 e. The number of hydrogen-bond acceptors (Lipinski definition) is 3. The van der Waals surface area contributed by atoms with Gasteiger partial charge < -0.3 is 9.30 Å². The summed E-state index contributed by atoms with van der Waals surface area (Å²) in [6.07, 6.45) is 5.39. The van der Waals surface area contributed by atoms with Gasteiger partial charge in [-0.2, -0.15) is 5.10 Å². The van der Waals surface area contributed by atoms with Gasteiger partial charge in [0.25, 0.3) is 5.91 Å². The normalized spacial score (nSPS) is 10.9. The Kier molecular flexibility index (Phi) is 6.59. The maximum atomic E-state index is 12.6. The number of halogens is 1. The minimum Gasteiger partial charge on any atom is -0.488 e. The number of para-hydroxylation sites is 1. The molecule has 0 aliphatic heterocycles. The first kappa shape index (κ1) is 20.6. The molecule has 154 valence electrons. The highest BCUT2D eigenvalue weighted by molar-refractivity contribution is 9.10. The van der Waals surface area contributed by atoms with Crippen molar-refractivity contribution < 1.29 is 9.53 Å².